The van der Waals surface area contributed by atoms with Gasteiger partial charge in [-0.05, 0) is 58.1 Å². The van der Waals surface area contributed by atoms with E-state index in [-0.39, 0.29) is 0 Å². The van der Waals surface area contributed by atoms with Gasteiger partial charge in [0.25, 0.3) is 0 Å². The molecular weight excluding hydrogens is 442 g/mol. The highest BCUT2D eigenvalue weighted by molar-refractivity contribution is 7.25. The Kier molecular flexibility index (Phi) is 4.71. The van der Waals surface area contributed by atoms with Crippen molar-refractivity contribution < 1.29 is 0 Å². The van der Waals surface area contributed by atoms with Gasteiger partial charge in [0.2, 0.25) is 0 Å². The second-order valence-corrected chi connectivity index (χ2v) is 9.97. The summed E-state index contributed by atoms with van der Waals surface area (Å²) < 4.78 is 2.68. The largest absolute Gasteiger partial charge is 0.256 e. The Bertz CT molecular complexity index is 1830. The Hall–Kier alpha value is -4.27. The number of benzene rings is 5. The third-order valence-corrected chi connectivity index (χ3v) is 7.87. The van der Waals surface area contributed by atoms with Crippen molar-refractivity contribution >= 4 is 42.4 Å². The first-order chi connectivity index (χ1) is 17.3. The highest BCUT2D eigenvalue weighted by Crippen LogP contribution is 2.36. The zero-order valence-electron chi connectivity index (χ0n) is 19.0. The minimum absolute atomic E-state index is 1.02. The van der Waals surface area contributed by atoms with Crippen LogP contribution in [0.3, 0.4) is 0 Å². The lowest BCUT2D eigenvalue weighted by Crippen LogP contribution is -1.85. The molecule has 0 saturated heterocycles. The van der Waals surface area contributed by atoms with Crippen molar-refractivity contribution in [2.45, 2.75) is 0 Å². The summed E-state index contributed by atoms with van der Waals surface area (Å²) in [4.78, 5) is 4.78. The molecule has 0 N–H and O–H groups in total. The van der Waals surface area contributed by atoms with Crippen LogP contribution in [0.15, 0.2) is 128 Å². The van der Waals surface area contributed by atoms with Crippen molar-refractivity contribution in [3.8, 4) is 33.4 Å². The quantitative estimate of drug-likeness (QED) is 0.254. The number of pyridine rings is 1. The van der Waals surface area contributed by atoms with Gasteiger partial charge < -0.3 is 0 Å². The number of hydrogen-bond acceptors (Lipinski definition) is 2. The first-order valence-electron chi connectivity index (χ1n) is 11.8. The minimum Gasteiger partial charge on any atom is -0.256 e. The fourth-order valence-electron chi connectivity index (χ4n) is 4.85. The van der Waals surface area contributed by atoms with Gasteiger partial charge >= 0.3 is 0 Å². The van der Waals surface area contributed by atoms with Gasteiger partial charge in [-0.25, -0.2) is 0 Å². The molecule has 1 nitrogen and oxygen atoms in total. The monoisotopic (exact) mass is 463 g/mol. The molecule has 0 spiro atoms. The summed E-state index contributed by atoms with van der Waals surface area (Å²) in [7, 11) is 0. The summed E-state index contributed by atoms with van der Waals surface area (Å²) in [5, 5.41) is 3.82. The predicted octanol–water partition coefficient (Wildman–Crippen LogP) is 9.60. The van der Waals surface area contributed by atoms with E-state index in [0.29, 0.717) is 0 Å². The highest BCUT2D eigenvalue weighted by Gasteiger charge is 2.08. The Balaban J connectivity index is 1.22. The highest BCUT2D eigenvalue weighted by atomic mass is 32.1. The molecule has 2 heteroatoms. The average molecular weight is 464 g/mol. The number of rotatable bonds is 3. The Morgan fingerprint density at radius 2 is 1.06 bits per heavy atom. The fraction of sp³-hybridized carbons (Fsp3) is 0. The molecule has 0 aliphatic rings. The fourth-order valence-corrected chi connectivity index (χ4v) is 5.94. The molecule has 0 bridgehead atoms. The van der Waals surface area contributed by atoms with Crippen molar-refractivity contribution in [2.75, 3.05) is 0 Å². The third-order valence-electron chi connectivity index (χ3n) is 6.72. The summed E-state index contributed by atoms with van der Waals surface area (Å²) in [6.45, 7) is 0. The van der Waals surface area contributed by atoms with E-state index in [1.54, 1.807) is 0 Å². The van der Waals surface area contributed by atoms with Crippen LogP contribution in [0.4, 0.5) is 0 Å². The van der Waals surface area contributed by atoms with Crippen molar-refractivity contribution in [2.24, 2.45) is 0 Å². The summed E-state index contributed by atoms with van der Waals surface area (Å²) >= 11 is 1.86. The van der Waals surface area contributed by atoms with E-state index < -0.39 is 0 Å². The van der Waals surface area contributed by atoms with Crippen LogP contribution in [0.5, 0.6) is 0 Å². The van der Waals surface area contributed by atoms with Crippen LogP contribution in [-0.4, -0.2) is 4.98 Å². The number of fused-ring (bicyclic) bond motifs is 4. The van der Waals surface area contributed by atoms with Gasteiger partial charge in [-0.1, -0.05) is 91.0 Å². The maximum atomic E-state index is 4.78. The maximum Gasteiger partial charge on any atom is 0.0708 e. The molecule has 0 aliphatic carbocycles. The van der Waals surface area contributed by atoms with Gasteiger partial charge in [0, 0.05) is 37.3 Å². The molecule has 0 saturated carbocycles. The molecule has 0 atom stereocenters. The second-order valence-electron chi connectivity index (χ2n) is 8.88. The van der Waals surface area contributed by atoms with Gasteiger partial charge in [-0.3, -0.25) is 4.98 Å². The molecule has 35 heavy (non-hydrogen) atoms. The first kappa shape index (κ1) is 20.1. The molecule has 164 valence electrons. The third kappa shape index (κ3) is 3.60. The van der Waals surface area contributed by atoms with Gasteiger partial charge in [0.1, 0.15) is 0 Å². The summed E-state index contributed by atoms with van der Waals surface area (Å²) in [5.41, 5.74) is 8.21. The molecule has 0 aliphatic heterocycles. The van der Waals surface area contributed by atoms with Crippen LogP contribution in [-0.2, 0) is 0 Å². The smallest absolute Gasteiger partial charge is 0.0708 e. The second kappa shape index (κ2) is 8.19. The van der Waals surface area contributed by atoms with Gasteiger partial charge in [0.15, 0.2) is 0 Å². The van der Waals surface area contributed by atoms with Crippen molar-refractivity contribution in [1.29, 1.82) is 0 Å². The average Bonchev–Trinajstić information content (AvgIpc) is 3.31. The molecular formula is C33H21NS. The lowest BCUT2D eigenvalue weighted by molar-refractivity contribution is 1.41. The van der Waals surface area contributed by atoms with E-state index in [1.807, 2.05) is 23.6 Å². The normalized spacial score (nSPS) is 11.4. The molecule has 7 rings (SSSR count). The Morgan fingerprint density at radius 1 is 0.429 bits per heavy atom. The van der Waals surface area contributed by atoms with Crippen LogP contribution in [0.1, 0.15) is 0 Å². The van der Waals surface area contributed by atoms with E-state index >= 15 is 0 Å². The Labute approximate surface area is 208 Å². The van der Waals surface area contributed by atoms with Crippen LogP contribution in [0.25, 0.3) is 64.5 Å². The molecule has 0 amide bonds. The number of thiophene rings is 1. The van der Waals surface area contributed by atoms with Gasteiger partial charge in [-0.15, -0.1) is 11.3 Å². The van der Waals surface area contributed by atoms with Crippen LogP contribution >= 0.6 is 11.3 Å². The zero-order valence-corrected chi connectivity index (χ0v) is 19.8. The lowest BCUT2D eigenvalue weighted by atomic mass is 9.98. The van der Waals surface area contributed by atoms with Crippen molar-refractivity contribution in [3.63, 3.8) is 0 Å². The lowest BCUT2D eigenvalue weighted by Gasteiger charge is -2.08. The standard InChI is InChI=1S/C33H21NS/c1-2-6-22(7-3-1)26-14-15-27-18-28(21-34-31(27)20-26)24-12-10-23(11-13-24)25-16-17-33-30(19-25)29-8-4-5-9-32(29)35-33/h1-21H. The van der Waals surface area contributed by atoms with Crippen molar-refractivity contribution in [3.05, 3.63) is 128 Å². The van der Waals surface area contributed by atoms with Gasteiger partial charge in [0.05, 0.1) is 5.52 Å². The predicted molar refractivity (Wildman–Crippen MR) is 151 cm³/mol. The van der Waals surface area contributed by atoms with Crippen molar-refractivity contribution in [1.82, 2.24) is 4.98 Å². The molecule has 0 unspecified atom stereocenters. The number of hydrogen-bond donors (Lipinski definition) is 0. The van der Waals surface area contributed by atoms with E-state index in [4.69, 9.17) is 4.98 Å². The minimum atomic E-state index is 1.02. The topological polar surface area (TPSA) is 12.9 Å². The zero-order chi connectivity index (χ0) is 23.2. The van der Waals surface area contributed by atoms with Crippen LogP contribution in [0, 0.1) is 0 Å². The van der Waals surface area contributed by atoms with E-state index in [2.05, 4.69) is 115 Å². The van der Waals surface area contributed by atoms with Crippen LogP contribution in [0.2, 0.25) is 0 Å². The van der Waals surface area contributed by atoms with E-state index in [9.17, 15) is 0 Å². The molecule has 7 aromatic rings. The SMILES string of the molecule is c1ccc(-c2ccc3cc(-c4ccc(-c5ccc6sc7ccccc7c6c5)cc4)cnc3c2)cc1. The molecule has 0 fully saturated rings. The van der Waals surface area contributed by atoms with E-state index in [1.165, 1.54) is 48.0 Å². The molecule has 2 aromatic heterocycles. The summed E-state index contributed by atoms with van der Waals surface area (Å²) in [6.07, 6.45) is 1.98. The molecule has 0 radical (unpaired) electrons. The summed E-state index contributed by atoms with van der Waals surface area (Å²) in [5.74, 6) is 0. The molecule has 5 aromatic carbocycles. The van der Waals surface area contributed by atoms with Gasteiger partial charge in [-0.2, -0.15) is 0 Å². The van der Waals surface area contributed by atoms with Crippen LogP contribution < -0.4 is 0 Å². The Morgan fingerprint density at radius 3 is 1.91 bits per heavy atom. The number of aromatic nitrogens is 1. The van der Waals surface area contributed by atoms with E-state index in [0.717, 1.165) is 16.5 Å². The maximum absolute atomic E-state index is 4.78. The molecule has 2 heterocycles. The first-order valence-corrected chi connectivity index (χ1v) is 12.6. The number of nitrogens with zero attached hydrogens (tertiary/aromatic N) is 1. The summed E-state index contributed by atoms with van der Waals surface area (Å²) in [6, 6.07) is 43.5.